The second-order valence-electron chi connectivity index (χ2n) is 3.79. The smallest absolute Gasteiger partial charge is 0.168 e. The van der Waals surface area contributed by atoms with Crippen molar-refractivity contribution in [1.29, 1.82) is 0 Å². The summed E-state index contributed by atoms with van der Waals surface area (Å²) in [6.07, 6.45) is 2.23. The minimum Gasteiger partial charge on any atom is -0.496 e. The first kappa shape index (κ1) is 13.5. The van der Waals surface area contributed by atoms with Crippen molar-refractivity contribution in [1.82, 2.24) is 4.98 Å². The normalized spacial score (nSPS) is 10.0. The zero-order valence-electron chi connectivity index (χ0n) is 10.3. The van der Waals surface area contributed by atoms with E-state index in [1.807, 2.05) is 18.2 Å². The Bertz CT molecular complexity index is 569. The van der Waals surface area contributed by atoms with Gasteiger partial charge >= 0.3 is 0 Å². The van der Waals surface area contributed by atoms with Gasteiger partial charge in [-0.15, -0.1) is 0 Å². The summed E-state index contributed by atoms with van der Waals surface area (Å²) in [6.45, 7) is 0.421. The second-order valence-corrected chi connectivity index (χ2v) is 4.65. The van der Waals surface area contributed by atoms with Crippen molar-refractivity contribution in [2.75, 3.05) is 7.11 Å². The monoisotopic (exact) mass is 321 g/mol. The van der Waals surface area contributed by atoms with Gasteiger partial charge in [0.15, 0.2) is 6.29 Å². The number of carbonyl (C=O) groups excluding carboxylic acids is 1. The molecule has 1 heterocycles. The van der Waals surface area contributed by atoms with Gasteiger partial charge in [0.25, 0.3) is 0 Å². The number of pyridine rings is 1. The molecule has 0 aliphatic carbocycles. The van der Waals surface area contributed by atoms with Crippen molar-refractivity contribution in [2.24, 2.45) is 0 Å². The third-order valence-electron chi connectivity index (χ3n) is 2.50. The molecular formula is C14H12BrNO3. The van der Waals surface area contributed by atoms with Crippen molar-refractivity contribution < 1.29 is 14.3 Å². The number of halogens is 1. The van der Waals surface area contributed by atoms with E-state index in [0.29, 0.717) is 24.3 Å². The molecule has 98 valence electrons. The molecule has 19 heavy (non-hydrogen) atoms. The molecule has 0 amide bonds. The van der Waals surface area contributed by atoms with Gasteiger partial charge in [-0.2, -0.15) is 0 Å². The topological polar surface area (TPSA) is 48.4 Å². The van der Waals surface area contributed by atoms with Crippen LogP contribution >= 0.6 is 15.9 Å². The van der Waals surface area contributed by atoms with Crippen LogP contribution in [-0.2, 0) is 6.61 Å². The molecule has 0 radical (unpaired) electrons. The number of rotatable bonds is 5. The van der Waals surface area contributed by atoms with Crippen molar-refractivity contribution in [2.45, 2.75) is 6.61 Å². The summed E-state index contributed by atoms with van der Waals surface area (Å²) in [6, 6.07) is 9.07. The third-order valence-corrected chi connectivity index (χ3v) is 3.12. The molecule has 1 aromatic carbocycles. The molecule has 0 fully saturated rings. The molecule has 2 rings (SSSR count). The lowest BCUT2D eigenvalue weighted by Crippen LogP contribution is -1.97. The summed E-state index contributed by atoms with van der Waals surface area (Å²) in [5, 5.41) is 0. The van der Waals surface area contributed by atoms with Crippen LogP contribution in [0.2, 0.25) is 0 Å². The average Bonchev–Trinajstić information content (AvgIpc) is 2.46. The third kappa shape index (κ3) is 3.54. The van der Waals surface area contributed by atoms with Gasteiger partial charge in [-0.1, -0.05) is 6.07 Å². The molecule has 0 aliphatic heterocycles. The van der Waals surface area contributed by atoms with Crippen LogP contribution in [0.1, 0.15) is 16.1 Å². The summed E-state index contributed by atoms with van der Waals surface area (Å²) in [5.74, 6) is 1.40. The highest BCUT2D eigenvalue weighted by atomic mass is 79.9. The minimum atomic E-state index is 0.388. The van der Waals surface area contributed by atoms with Crippen molar-refractivity contribution in [3.05, 3.63) is 52.3 Å². The van der Waals surface area contributed by atoms with Gasteiger partial charge in [0, 0.05) is 0 Å². The number of hydrogen-bond donors (Lipinski definition) is 0. The summed E-state index contributed by atoms with van der Waals surface area (Å²) < 4.78 is 11.6. The van der Waals surface area contributed by atoms with E-state index in [1.165, 1.54) is 6.20 Å². The number of methoxy groups -OCH3 is 1. The van der Waals surface area contributed by atoms with E-state index in [1.54, 1.807) is 19.2 Å². The quantitative estimate of drug-likeness (QED) is 0.793. The van der Waals surface area contributed by atoms with E-state index in [-0.39, 0.29) is 0 Å². The van der Waals surface area contributed by atoms with Crippen LogP contribution in [0.25, 0.3) is 0 Å². The fourth-order valence-electron chi connectivity index (χ4n) is 1.51. The molecule has 4 nitrogen and oxygen atoms in total. The summed E-state index contributed by atoms with van der Waals surface area (Å²) in [4.78, 5) is 14.4. The van der Waals surface area contributed by atoms with Gasteiger partial charge in [-0.25, -0.2) is 4.98 Å². The van der Waals surface area contributed by atoms with E-state index in [0.717, 1.165) is 15.8 Å². The molecule has 0 N–H and O–H groups in total. The Labute approximate surface area is 119 Å². The van der Waals surface area contributed by atoms with Gasteiger partial charge < -0.3 is 9.47 Å². The van der Waals surface area contributed by atoms with Gasteiger partial charge in [-0.3, -0.25) is 4.79 Å². The number of aldehydes is 1. The van der Waals surface area contributed by atoms with Crippen LogP contribution < -0.4 is 9.47 Å². The lowest BCUT2D eigenvalue weighted by atomic mass is 10.2. The summed E-state index contributed by atoms with van der Waals surface area (Å²) >= 11 is 3.42. The molecule has 0 spiro atoms. The highest BCUT2D eigenvalue weighted by Gasteiger charge is 2.02. The molecule has 0 bridgehead atoms. The highest BCUT2D eigenvalue weighted by Crippen LogP contribution is 2.26. The summed E-state index contributed by atoms with van der Waals surface area (Å²) in [7, 11) is 1.62. The summed E-state index contributed by atoms with van der Waals surface area (Å²) in [5.41, 5.74) is 1.40. The second kappa shape index (κ2) is 6.33. The number of aromatic nitrogens is 1. The lowest BCUT2D eigenvalue weighted by Gasteiger charge is -2.08. The van der Waals surface area contributed by atoms with Gasteiger partial charge in [0.1, 0.15) is 23.8 Å². The van der Waals surface area contributed by atoms with E-state index < -0.39 is 0 Å². The van der Waals surface area contributed by atoms with Gasteiger partial charge in [-0.05, 0) is 45.8 Å². The standard InChI is InChI=1S/C14H12BrNO3/c1-18-14-5-2-10(6-13(14)15)9-19-12-4-3-11(8-17)16-7-12/h2-8H,9H2,1H3. The van der Waals surface area contributed by atoms with Crippen LogP contribution in [0.15, 0.2) is 41.0 Å². The van der Waals surface area contributed by atoms with Crippen LogP contribution in [-0.4, -0.2) is 18.4 Å². The van der Waals surface area contributed by atoms with Gasteiger partial charge in [0.2, 0.25) is 0 Å². The predicted molar refractivity (Wildman–Crippen MR) is 74.7 cm³/mol. The maximum Gasteiger partial charge on any atom is 0.168 e. The predicted octanol–water partition coefficient (Wildman–Crippen LogP) is 3.24. The lowest BCUT2D eigenvalue weighted by molar-refractivity contribution is 0.111. The molecule has 2 aromatic rings. The Morgan fingerprint density at radius 3 is 2.74 bits per heavy atom. The van der Waals surface area contributed by atoms with Gasteiger partial charge in [0.05, 0.1) is 17.8 Å². The minimum absolute atomic E-state index is 0.388. The molecule has 1 aromatic heterocycles. The molecule has 0 atom stereocenters. The molecule has 5 heteroatoms. The number of nitrogens with zero attached hydrogens (tertiary/aromatic N) is 1. The first-order chi connectivity index (χ1) is 9.22. The Morgan fingerprint density at radius 1 is 1.32 bits per heavy atom. The van der Waals surface area contributed by atoms with Crippen LogP contribution in [0, 0.1) is 0 Å². The Hall–Kier alpha value is -1.88. The van der Waals surface area contributed by atoms with Crippen molar-refractivity contribution in [3.8, 4) is 11.5 Å². The van der Waals surface area contributed by atoms with E-state index in [4.69, 9.17) is 9.47 Å². The van der Waals surface area contributed by atoms with Crippen LogP contribution in [0.3, 0.4) is 0 Å². The Morgan fingerprint density at radius 2 is 2.16 bits per heavy atom. The number of ether oxygens (including phenoxy) is 2. The largest absolute Gasteiger partial charge is 0.496 e. The first-order valence-corrected chi connectivity index (χ1v) is 6.38. The Kier molecular flexibility index (Phi) is 4.52. The average molecular weight is 322 g/mol. The van der Waals surface area contributed by atoms with Crippen molar-refractivity contribution >= 4 is 22.2 Å². The zero-order valence-corrected chi connectivity index (χ0v) is 11.9. The number of carbonyl (C=O) groups is 1. The maximum atomic E-state index is 10.5. The van der Waals surface area contributed by atoms with E-state index in [9.17, 15) is 4.79 Å². The van der Waals surface area contributed by atoms with Crippen molar-refractivity contribution in [3.63, 3.8) is 0 Å². The fourth-order valence-corrected chi connectivity index (χ4v) is 2.10. The van der Waals surface area contributed by atoms with E-state index >= 15 is 0 Å². The first-order valence-electron chi connectivity index (χ1n) is 5.59. The van der Waals surface area contributed by atoms with Crippen LogP contribution in [0.5, 0.6) is 11.5 Å². The molecule has 0 saturated heterocycles. The number of hydrogen-bond acceptors (Lipinski definition) is 4. The SMILES string of the molecule is COc1ccc(COc2ccc(C=O)nc2)cc1Br. The van der Waals surface area contributed by atoms with E-state index in [2.05, 4.69) is 20.9 Å². The zero-order chi connectivity index (χ0) is 13.7. The number of benzene rings is 1. The highest BCUT2D eigenvalue weighted by molar-refractivity contribution is 9.10. The fraction of sp³-hybridized carbons (Fsp3) is 0.143. The molecular weight excluding hydrogens is 310 g/mol. The van der Waals surface area contributed by atoms with Crippen LogP contribution in [0.4, 0.5) is 0 Å². The Balaban J connectivity index is 2.01. The molecule has 0 saturated carbocycles. The molecule has 0 aliphatic rings. The maximum absolute atomic E-state index is 10.5. The molecule has 0 unspecified atom stereocenters.